The smallest absolute Gasteiger partial charge is 0.131 e. The summed E-state index contributed by atoms with van der Waals surface area (Å²) in [4.78, 5) is 5.40. The number of nitrogens with zero attached hydrogens (tertiary/aromatic N) is 3. The second-order valence-corrected chi connectivity index (χ2v) is 13.9. The standard InChI is InChI=1S/C49H29N3/c1-2-15-32(16-3-1)42-28-34(29-43(50-42)38-23-12-18-30-13-4-7-19-35(30)38)51-47-37-21-9-5-14-31(37)25-26-40(47)46-41-27-33-17-6-8-20-36(33)45-39-22-10-11-24-44(39)52(48(41)45)49(46)51/h1-29H. The molecule has 3 heteroatoms. The van der Waals surface area contributed by atoms with Crippen LogP contribution in [-0.2, 0) is 0 Å². The molecule has 240 valence electrons. The molecule has 52 heavy (non-hydrogen) atoms. The highest BCUT2D eigenvalue weighted by Crippen LogP contribution is 2.48. The van der Waals surface area contributed by atoms with Gasteiger partial charge in [-0.25, -0.2) is 4.98 Å². The summed E-state index contributed by atoms with van der Waals surface area (Å²) in [5.41, 5.74) is 10.1. The van der Waals surface area contributed by atoms with Crippen molar-refractivity contribution in [2.75, 3.05) is 0 Å². The summed E-state index contributed by atoms with van der Waals surface area (Å²) in [5.74, 6) is 0. The fourth-order valence-electron chi connectivity index (χ4n) is 9.01. The fourth-order valence-corrected chi connectivity index (χ4v) is 9.01. The third-order valence-electron chi connectivity index (χ3n) is 11.2. The van der Waals surface area contributed by atoms with E-state index in [1.165, 1.54) is 81.4 Å². The lowest BCUT2D eigenvalue weighted by molar-refractivity contribution is 1.12. The molecule has 0 saturated carbocycles. The monoisotopic (exact) mass is 659 g/mol. The molecule has 0 aliphatic carbocycles. The van der Waals surface area contributed by atoms with Crippen molar-refractivity contribution >= 4 is 81.4 Å². The third-order valence-corrected chi connectivity index (χ3v) is 11.2. The number of rotatable bonds is 3. The third kappa shape index (κ3) is 3.66. The summed E-state index contributed by atoms with van der Waals surface area (Å²) >= 11 is 0. The van der Waals surface area contributed by atoms with E-state index in [-0.39, 0.29) is 0 Å². The van der Waals surface area contributed by atoms with Crippen LogP contribution in [0, 0.1) is 0 Å². The Hall–Kier alpha value is -6.97. The van der Waals surface area contributed by atoms with Crippen molar-refractivity contribution in [3.8, 4) is 28.2 Å². The zero-order valence-electron chi connectivity index (χ0n) is 28.1. The van der Waals surface area contributed by atoms with E-state index in [2.05, 4.69) is 185 Å². The minimum atomic E-state index is 0.945. The highest BCUT2D eigenvalue weighted by Gasteiger charge is 2.27. The van der Waals surface area contributed by atoms with Crippen LogP contribution in [0.15, 0.2) is 176 Å². The lowest BCUT2D eigenvalue weighted by Crippen LogP contribution is -2.01. The molecule has 0 radical (unpaired) electrons. The summed E-state index contributed by atoms with van der Waals surface area (Å²) in [6, 6.07) is 64.0. The topological polar surface area (TPSA) is 22.2 Å². The largest absolute Gasteiger partial charge is 0.294 e. The Morgan fingerprint density at radius 2 is 1.04 bits per heavy atom. The molecular weight excluding hydrogens is 631 g/mol. The number of benzene rings is 8. The molecule has 0 bridgehead atoms. The first-order valence-electron chi connectivity index (χ1n) is 17.9. The van der Waals surface area contributed by atoms with E-state index >= 15 is 0 Å². The molecule has 0 spiro atoms. The van der Waals surface area contributed by atoms with Crippen molar-refractivity contribution in [3.63, 3.8) is 0 Å². The van der Waals surface area contributed by atoms with Crippen LogP contribution >= 0.6 is 0 Å². The molecule has 4 aromatic heterocycles. The molecular formula is C49H29N3. The van der Waals surface area contributed by atoms with Crippen molar-refractivity contribution in [3.05, 3.63) is 176 Å². The van der Waals surface area contributed by atoms with Gasteiger partial charge in [-0.1, -0.05) is 152 Å². The number of hydrogen-bond acceptors (Lipinski definition) is 1. The van der Waals surface area contributed by atoms with Gasteiger partial charge in [-0.2, -0.15) is 0 Å². The summed E-state index contributed by atoms with van der Waals surface area (Å²) in [7, 11) is 0. The van der Waals surface area contributed by atoms with Crippen LogP contribution < -0.4 is 0 Å². The van der Waals surface area contributed by atoms with E-state index in [1.807, 2.05) is 0 Å². The molecule has 0 amide bonds. The zero-order chi connectivity index (χ0) is 33.9. The Morgan fingerprint density at radius 1 is 0.385 bits per heavy atom. The van der Waals surface area contributed by atoms with Gasteiger partial charge in [0, 0.05) is 43.4 Å². The summed E-state index contributed by atoms with van der Waals surface area (Å²) in [5, 5.41) is 13.8. The Morgan fingerprint density at radius 3 is 1.88 bits per heavy atom. The normalized spacial score (nSPS) is 12.2. The molecule has 8 aromatic carbocycles. The second-order valence-electron chi connectivity index (χ2n) is 13.9. The van der Waals surface area contributed by atoms with E-state index in [9.17, 15) is 0 Å². The van der Waals surface area contributed by atoms with Gasteiger partial charge in [0.05, 0.1) is 33.6 Å². The molecule has 0 unspecified atom stereocenters. The van der Waals surface area contributed by atoms with Gasteiger partial charge in [0.1, 0.15) is 5.65 Å². The summed E-state index contributed by atoms with van der Waals surface area (Å²) < 4.78 is 5.07. The quantitative estimate of drug-likeness (QED) is 0.185. The first-order chi connectivity index (χ1) is 25.8. The maximum absolute atomic E-state index is 5.40. The molecule has 3 nitrogen and oxygen atoms in total. The van der Waals surface area contributed by atoms with Gasteiger partial charge in [0.15, 0.2) is 0 Å². The second kappa shape index (κ2) is 10.3. The highest BCUT2D eigenvalue weighted by molar-refractivity contribution is 6.36. The summed E-state index contributed by atoms with van der Waals surface area (Å²) in [6.45, 7) is 0. The molecule has 12 rings (SSSR count). The van der Waals surface area contributed by atoms with Gasteiger partial charge in [0.25, 0.3) is 0 Å². The van der Waals surface area contributed by atoms with Crippen LogP contribution in [0.5, 0.6) is 0 Å². The van der Waals surface area contributed by atoms with Crippen molar-refractivity contribution in [1.29, 1.82) is 0 Å². The molecule has 12 aromatic rings. The zero-order valence-corrected chi connectivity index (χ0v) is 28.1. The molecule has 0 fully saturated rings. The summed E-state index contributed by atoms with van der Waals surface area (Å²) in [6.07, 6.45) is 0. The van der Waals surface area contributed by atoms with Crippen LogP contribution in [0.3, 0.4) is 0 Å². The van der Waals surface area contributed by atoms with Gasteiger partial charge in [-0.05, 0) is 51.2 Å². The molecule has 4 heterocycles. The van der Waals surface area contributed by atoms with Gasteiger partial charge in [-0.15, -0.1) is 0 Å². The van der Waals surface area contributed by atoms with Crippen LogP contribution in [0.4, 0.5) is 0 Å². The Labute approximate surface area is 298 Å². The van der Waals surface area contributed by atoms with Crippen LogP contribution in [-0.4, -0.2) is 14.0 Å². The molecule has 0 aliphatic rings. The molecule has 0 atom stereocenters. The first-order valence-corrected chi connectivity index (χ1v) is 17.9. The predicted molar refractivity (Wildman–Crippen MR) is 219 cm³/mol. The van der Waals surface area contributed by atoms with Crippen molar-refractivity contribution < 1.29 is 0 Å². The van der Waals surface area contributed by atoms with Crippen LogP contribution in [0.25, 0.3) is 110 Å². The first kappa shape index (κ1) is 27.8. The number of hydrogen-bond donors (Lipinski definition) is 0. The lowest BCUT2D eigenvalue weighted by atomic mass is 9.99. The minimum absolute atomic E-state index is 0.945. The van der Waals surface area contributed by atoms with E-state index in [1.54, 1.807) is 0 Å². The fraction of sp³-hybridized carbons (Fsp3) is 0. The van der Waals surface area contributed by atoms with Crippen LogP contribution in [0.2, 0.25) is 0 Å². The highest BCUT2D eigenvalue weighted by atomic mass is 15.1. The Balaban J connectivity index is 1.33. The van der Waals surface area contributed by atoms with Gasteiger partial charge < -0.3 is 0 Å². The minimum Gasteiger partial charge on any atom is -0.294 e. The Bertz CT molecular complexity index is 3400. The number of para-hydroxylation sites is 1. The molecule has 0 aliphatic heterocycles. The van der Waals surface area contributed by atoms with E-state index in [0.29, 0.717) is 0 Å². The van der Waals surface area contributed by atoms with E-state index in [0.717, 1.165) is 28.2 Å². The van der Waals surface area contributed by atoms with Gasteiger partial charge in [-0.3, -0.25) is 8.97 Å². The van der Waals surface area contributed by atoms with Crippen LogP contribution in [0.1, 0.15) is 0 Å². The van der Waals surface area contributed by atoms with E-state index < -0.39 is 0 Å². The lowest BCUT2D eigenvalue weighted by Gasteiger charge is -2.15. The van der Waals surface area contributed by atoms with Gasteiger partial charge in [0.2, 0.25) is 0 Å². The average molecular weight is 660 g/mol. The van der Waals surface area contributed by atoms with Crippen molar-refractivity contribution in [2.45, 2.75) is 0 Å². The number of fused-ring (bicyclic) bond motifs is 13. The molecule has 0 N–H and O–H groups in total. The average Bonchev–Trinajstić information content (AvgIpc) is 3.85. The number of aromatic nitrogens is 3. The van der Waals surface area contributed by atoms with Crippen molar-refractivity contribution in [1.82, 2.24) is 14.0 Å². The van der Waals surface area contributed by atoms with Gasteiger partial charge >= 0.3 is 0 Å². The van der Waals surface area contributed by atoms with Crippen molar-refractivity contribution in [2.24, 2.45) is 0 Å². The predicted octanol–water partition coefficient (Wildman–Crippen LogP) is 13.0. The molecule has 0 saturated heterocycles. The SMILES string of the molecule is c1ccc(-c2cc(-n3c4c5ccccc5ccc4c4c5cc6ccccc6c6c7ccccc7n(c56)c43)cc(-c3cccc4ccccc34)n2)cc1. The maximum atomic E-state index is 5.40. The number of pyridine rings is 1. The Kier molecular flexibility index (Phi) is 5.50. The maximum Gasteiger partial charge on any atom is 0.131 e. The van der Waals surface area contributed by atoms with E-state index in [4.69, 9.17) is 4.98 Å².